The first-order valence-corrected chi connectivity index (χ1v) is 8.95. The van der Waals surface area contributed by atoms with Crippen molar-refractivity contribution < 1.29 is 14.3 Å². The number of ether oxygens (including phenoxy) is 1. The van der Waals surface area contributed by atoms with Crippen LogP contribution in [0.15, 0.2) is 42.5 Å². The first kappa shape index (κ1) is 19.8. The fraction of sp³-hybridized carbons (Fsp3) is 0.300. The lowest BCUT2D eigenvalue weighted by molar-refractivity contribution is -0.118. The Hall–Kier alpha value is -2.53. The molecule has 0 bridgehead atoms. The maximum Gasteiger partial charge on any atom is 0.262 e. The molecule has 0 fully saturated rings. The SMILES string of the molecule is CCCCNC(=O)c1ccccc1NC(=O)COc1ccc(Cl)cc1C. The van der Waals surface area contributed by atoms with Crippen molar-refractivity contribution in [2.24, 2.45) is 0 Å². The number of hydrogen-bond donors (Lipinski definition) is 2. The van der Waals surface area contributed by atoms with E-state index in [0.29, 0.717) is 28.6 Å². The van der Waals surface area contributed by atoms with E-state index in [0.717, 1.165) is 18.4 Å². The van der Waals surface area contributed by atoms with Gasteiger partial charge in [-0.15, -0.1) is 0 Å². The number of carbonyl (C=O) groups is 2. The average molecular weight is 375 g/mol. The number of benzene rings is 2. The van der Waals surface area contributed by atoms with Crippen LogP contribution in [-0.2, 0) is 4.79 Å². The molecule has 138 valence electrons. The second-order valence-corrected chi connectivity index (χ2v) is 6.34. The summed E-state index contributed by atoms with van der Waals surface area (Å²) < 4.78 is 5.53. The summed E-state index contributed by atoms with van der Waals surface area (Å²) in [7, 11) is 0. The second-order valence-electron chi connectivity index (χ2n) is 5.90. The summed E-state index contributed by atoms with van der Waals surface area (Å²) in [6, 6.07) is 12.1. The quantitative estimate of drug-likeness (QED) is 0.680. The van der Waals surface area contributed by atoms with E-state index in [2.05, 4.69) is 17.6 Å². The molecule has 0 atom stereocenters. The molecule has 0 saturated carbocycles. The van der Waals surface area contributed by atoms with Crippen molar-refractivity contribution in [3.05, 3.63) is 58.6 Å². The van der Waals surface area contributed by atoms with E-state index >= 15 is 0 Å². The average Bonchev–Trinajstić information content (AvgIpc) is 2.61. The summed E-state index contributed by atoms with van der Waals surface area (Å²) >= 11 is 5.91. The fourth-order valence-electron chi connectivity index (χ4n) is 2.37. The molecule has 0 aliphatic carbocycles. The van der Waals surface area contributed by atoms with Crippen LogP contribution in [0, 0.1) is 6.92 Å². The second kappa shape index (κ2) is 9.82. The summed E-state index contributed by atoms with van der Waals surface area (Å²) in [6.07, 6.45) is 1.91. The number of unbranched alkanes of at least 4 members (excludes halogenated alkanes) is 1. The van der Waals surface area contributed by atoms with Gasteiger partial charge in [0.15, 0.2) is 6.61 Å². The Balaban J connectivity index is 1.97. The van der Waals surface area contributed by atoms with Crippen molar-refractivity contribution in [1.29, 1.82) is 0 Å². The molecule has 0 aliphatic heterocycles. The van der Waals surface area contributed by atoms with Crippen LogP contribution in [0.3, 0.4) is 0 Å². The molecule has 26 heavy (non-hydrogen) atoms. The van der Waals surface area contributed by atoms with Crippen LogP contribution in [0.1, 0.15) is 35.7 Å². The number of rotatable bonds is 8. The zero-order chi connectivity index (χ0) is 18.9. The molecule has 6 heteroatoms. The molecular weight excluding hydrogens is 352 g/mol. The van der Waals surface area contributed by atoms with Gasteiger partial charge >= 0.3 is 0 Å². The molecule has 0 unspecified atom stereocenters. The van der Waals surface area contributed by atoms with E-state index in [1.807, 2.05) is 6.92 Å². The smallest absolute Gasteiger partial charge is 0.262 e. The molecule has 0 spiro atoms. The number of carbonyl (C=O) groups excluding carboxylic acids is 2. The van der Waals surface area contributed by atoms with Gasteiger partial charge in [-0.3, -0.25) is 9.59 Å². The van der Waals surface area contributed by atoms with Crippen molar-refractivity contribution in [1.82, 2.24) is 5.32 Å². The van der Waals surface area contributed by atoms with Crippen LogP contribution in [0.4, 0.5) is 5.69 Å². The molecule has 2 aromatic rings. The highest BCUT2D eigenvalue weighted by Crippen LogP contribution is 2.22. The van der Waals surface area contributed by atoms with E-state index in [-0.39, 0.29) is 18.4 Å². The third-order valence-corrected chi connectivity index (χ3v) is 3.99. The lowest BCUT2D eigenvalue weighted by Gasteiger charge is -2.12. The highest BCUT2D eigenvalue weighted by Gasteiger charge is 2.13. The molecule has 2 amide bonds. The Morgan fingerprint density at radius 2 is 1.92 bits per heavy atom. The van der Waals surface area contributed by atoms with Gasteiger partial charge in [-0.1, -0.05) is 37.1 Å². The minimum absolute atomic E-state index is 0.158. The molecule has 2 rings (SSSR count). The number of hydrogen-bond acceptors (Lipinski definition) is 3. The van der Waals surface area contributed by atoms with Crippen LogP contribution in [0.5, 0.6) is 5.75 Å². The van der Waals surface area contributed by atoms with Gasteiger partial charge in [-0.05, 0) is 49.2 Å². The molecule has 0 radical (unpaired) electrons. The topological polar surface area (TPSA) is 67.4 Å². The largest absolute Gasteiger partial charge is 0.483 e. The van der Waals surface area contributed by atoms with Gasteiger partial charge in [0.1, 0.15) is 5.75 Å². The Kier molecular flexibility index (Phi) is 7.48. The predicted octanol–water partition coefficient (Wildman–Crippen LogP) is 4.20. The number of amides is 2. The van der Waals surface area contributed by atoms with E-state index < -0.39 is 0 Å². The van der Waals surface area contributed by atoms with Crippen molar-refractivity contribution in [2.45, 2.75) is 26.7 Å². The third-order valence-electron chi connectivity index (χ3n) is 3.76. The van der Waals surface area contributed by atoms with Gasteiger partial charge in [0.05, 0.1) is 11.3 Å². The summed E-state index contributed by atoms with van der Waals surface area (Å²) in [6.45, 7) is 4.36. The number of aryl methyl sites for hydroxylation is 1. The summed E-state index contributed by atoms with van der Waals surface area (Å²) in [5.41, 5.74) is 1.74. The van der Waals surface area contributed by atoms with Crippen molar-refractivity contribution in [3.63, 3.8) is 0 Å². The molecule has 2 aromatic carbocycles. The molecule has 0 aromatic heterocycles. The molecule has 0 heterocycles. The first-order chi connectivity index (χ1) is 12.5. The third kappa shape index (κ3) is 5.77. The number of halogens is 1. The van der Waals surface area contributed by atoms with Gasteiger partial charge in [0.2, 0.25) is 0 Å². The highest BCUT2D eigenvalue weighted by atomic mass is 35.5. The van der Waals surface area contributed by atoms with Crippen molar-refractivity contribution in [3.8, 4) is 5.75 Å². The molecule has 0 aliphatic rings. The number of nitrogens with one attached hydrogen (secondary N) is 2. The lowest BCUT2D eigenvalue weighted by Crippen LogP contribution is -2.27. The monoisotopic (exact) mass is 374 g/mol. The van der Waals surface area contributed by atoms with Crippen molar-refractivity contribution in [2.75, 3.05) is 18.5 Å². The van der Waals surface area contributed by atoms with Crippen LogP contribution < -0.4 is 15.4 Å². The zero-order valence-corrected chi connectivity index (χ0v) is 15.7. The van der Waals surface area contributed by atoms with Gasteiger partial charge in [-0.2, -0.15) is 0 Å². The van der Waals surface area contributed by atoms with Crippen LogP contribution >= 0.6 is 11.6 Å². The minimum atomic E-state index is -0.340. The molecular formula is C20H23ClN2O3. The van der Waals surface area contributed by atoms with Crippen LogP contribution in [0.25, 0.3) is 0 Å². The maximum absolute atomic E-state index is 12.3. The molecule has 5 nitrogen and oxygen atoms in total. The van der Waals surface area contributed by atoms with Crippen molar-refractivity contribution >= 4 is 29.1 Å². The standard InChI is InChI=1S/C20H23ClN2O3/c1-3-4-11-22-20(25)16-7-5-6-8-17(16)23-19(24)13-26-18-10-9-15(21)12-14(18)2/h5-10,12H,3-4,11,13H2,1-2H3,(H,22,25)(H,23,24). The Morgan fingerprint density at radius 3 is 2.65 bits per heavy atom. The Morgan fingerprint density at radius 1 is 1.15 bits per heavy atom. The summed E-state index contributed by atoms with van der Waals surface area (Å²) in [4.78, 5) is 24.5. The van der Waals surface area contributed by atoms with E-state index in [4.69, 9.17) is 16.3 Å². The maximum atomic E-state index is 12.3. The fourth-order valence-corrected chi connectivity index (χ4v) is 2.60. The first-order valence-electron chi connectivity index (χ1n) is 8.57. The van der Waals surface area contributed by atoms with E-state index in [1.165, 1.54) is 0 Å². The summed E-state index contributed by atoms with van der Waals surface area (Å²) in [5, 5.41) is 6.20. The zero-order valence-electron chi connectivity index (χ0n) is 15.0. The van der Waals surface area contributed by atoms with Gasteiger partial charge < -0.3 is 15.4 Å². The Labute approximate surface area is 158 Å². The van der Waals surface area contributed by atoms with Crippen LogP contribution in [0.2, 0.25) is 5.02 Å². The van der Waals surface area contributed by atoms with Crippen LogP contribution in [-0.4, -0.2) is 25.0 Å². The Bertz CT molecular complexity index is 777. The molecule has 0 saturated heterocycles. The van der Waals surface area contributed by atoms with Gasteiger partial charge in [0.25, 0.3) is 11.8 Å². The van der Waals surface area contributed by atoms with Gasteiger partial charge in [-0.25, -0.2) is 0 Å². The highest BCUT2D eigenvalue weighted by molar-refractivity contribution is 6.30. The minimum Gasteiger partial charge on any atom is -0.483 e. The van der Waals surface area contributed by atoms with E-state index in [1.54, 1.807) is 42.5 Å². The van der Waals surface area contributed by atoms with Gasteiger partial charge in [0, 0.05) is 11.6 Å². The number of anilines is 1. The van der Waals surface area contributed by atoms with E-state index in [9.17, 15) is 9.59 Å². The predicted molar refractivity (Wildman–Crippen MR) is 104 cm³/mol. The molecule has 2 N–H and O–H groups in total. The number of para-hydroxylation sites is 1. The normalized spacial score (nSPS) is 10.3. The summed E-state index contributed by atoms with van der Waals surface area (Å²) in [5.74, 6) is 0.0483. The lowest BCUT2D eigenvalue weighted by atomic mass is 10.1.